The minimum absolute atomic E-state index is 0.204. The number of nitrogens with one attached hydrogen (secondary N) is 3. The SMILES string of the molecule is CCOP(C)(=O)c1ccc(Nc2cc(Oc3ccc(NC(=O)Nc4cc(C(C)(C)C)cc(N(C)S(C)(=O)=O)c4OC)c4ccccc34)ccn2)cc1OC. The van der Waals surface area contributed by atoms with Gasteiger partial charge in [-0.3, -0.25) is 8.87 Å². The number of methoxy groups -OCH3 is 2. The van der Waals surface area contributed by atoms with Gasteiger partial charge in [-0.2, -0.15) is 0 Å². The first-order valence-corrected chi connectivity index (χ1v) is 20.9. The molecule has 0 aliphatic carbocycles. The summed E-state index contributed by atoms with van der Waals surface area (Å²) in [6, 6.07) is 22.7. The Kier molecular flexibility index (Phi) is 11.8. The lowest BCUT2D eigenvalue weighted by Gasteiger charge is -2.27. The lowest BCUT2D eigenvalue weighted by molar-refractivity contribution is 0.262. The van der Waals surface area contributed by atoms with E-state index in [-0.39, 0.29) is 11.2 Å². The van der Waals surface area contributed by atoms with Gasteiger partial charge in [-0.05, 0) is 60.4 Å². The molecule has 5 aromatic rings. The minimum atomic E-state index is -3.63. The van der Waals surface area contributed by atoms with E-state index in [2.05, 4.69) is 20.9 Å². The molecule has 0 fully saturated rings. The molecular formula is C39H46N5O8PS. The highest BCUT2D eigenvalue weighted by Crippen LogP contribution is 2.45. The van der Waals surface area contributed by atoms with Crippen LogP contribution in [0.1, 0.15) is 33.3 Å². The molecule has 5 rings (SSSR count). The minimum Gasteiger partial charge on any atom is -0.496 e. The number of carbonyl (C=O) groups excluding carboxylic acids is 1. The van der Waals surface area contributed by atoms with Gasteiger partial charge in [0.25, 0.3) is 0 Å². The fraction of sp³-hybridized carbons (Fsp3) is 0.282. The number of pyridine rings is 1. The predicted octanol–water partition coefficient (Wildman–Crippen LogP) is 8.69. The third kappa shape index (κ3) is 9.07. The molecule has 0 radical (unpaired) electrons. The van der Waals surface area contributed by atoms with Crippen molar-refractivity contribution in [2.45, 2.75) is 33.1 Å². The average Bonchev–Trinajstić information content (AvgIpc) is 3.11. The fourth-order valence-electron chi connectivity index (χ4n) is 5.74. The molecular weight excluding hydrogens is 729 g/mol. The number of ether oxygens (including phenoxy) is 3. The van der Waals surface area contributed by atoms with Crippen molar-refractivity contribution < 1.29 is 36.5 Å². The quantitative estimate of drug-likeness (QED) is 0.0989. The van der Waals surface area contributed by atoms with E-state index in [0.717, 1.165) is 26.9 Å². The summed E-state index contributed by atoms with van der Waals surface area (Å²) in [5, 5.41) is 11.0. The summed E-state index contributed by atoms with van der Waals surface area (Å²) in [7, 11) is -2.31. The van der Waals surface area contributed by atoms with E-state index in [1.165, 1.54) is 21.3 Å². The maximum absolute atomic E-state index is 13.6. The molecule has 13 nitrogen and oxygen atoms in total. The molecule has 0 aliphatic heterocycles. The number of hydrogen-bond donors (Lipinski definition) is 3. The monoisotopic (exact) mass is 775 g/mol. The van der Waals surface area contributed by atoms with Gasteiger partial charge in [0, 0.05) is 48.5 Å². The van der Waals surface area contributed by atoms with Gasteiger partial charge in [-0.15, -0.1) is 0 Å². The van der Waals surface area contributed by atoms with Crippen LogP contribution in [0.15, 0.2) is 85.1 Å². The van der Waals surface area contributed by atoms with Gasteiger partial charge in [0.2, 0.25) is 17.4 Å². The molecule has 1 atom stereocenters. The molecule has 0 spiro atoms. The van der Waals surface area contributed by atoms with E-state index < -0.39 is 23.4 Å². The van der Waals surface area contributed by atoms with E-state index in [0.29, 0.717) is 57.7 Å². The molecule has 2 amide bonds. The van der Waals surface area contributed by atoms with Crippen LogP contribution in [0, 0.1) is 0 Å². The summed E-state index contributed by atoms with van der Waals surface area (Å²) in [6.07, 6.45) is 2.72. The number of amides is 2. The van der Waals surface area contributed by atoms with Gasteiger partial charge in [-0.25, -0.2) is 18.2 Å². The maximum atomic E-state index is 13.6. The first kappa shape index (κ1) is 39.9. The van der Waals surface area contributed by atoms with Gasteiger partial charge < -0.3 is 34.7 Å². The Morgan fingerprint density at radius 1 is 0.889 bits per heavy atom. The van der Waals surface area contributed by atoms with E-state index in [1.54, 1.807) is 74.4 Å². The van der Waals surface area contributed by atoms with Crippen molar-refractivity contribution >= 4 is 68.1 Å². The fourth-order valence-corrected chi connectivity index (χ4v) is 7.76. The Balaban J connectivity index is 1.39. The second kappa shape index (κ2) is 16.0. The smallest absolute Gasteiger partial charge is 0.323 e. The van der Waals surface area contributed by atoms with Gasteiger partial charge in [0.1, 0.15) is 23.1 Å². The number of urea groups is 1. The zero-order valence-electron chi connectivity index (χ0n) is 31.8. The molecule has 1 unspecified atom stereocenters. The highest BCUT2D eigenvalue weighted by atomic mass is 32.2. The highest BCUT2D eigenvalue weighted by molar-refractivity contribution is 7.92. The van der Waals surface area contributed by atoms with Crippen molar-refractivity contribution in [2.75, 3.05) is 61.1 Å². The molecule has 0 saturated heterocycles. The van der Waals surface area contributed by atoms with Crippen LogP contribution in [0.4, 0.5) is 33.4 Å². The van der Waals surface area contributed by atoms with Gasteiger partial charge in [0.05, 0.1) is 49.4 Å². The maximum Gasteiger partial charge on any atom is 0.323 e. The molecule has 0 aliphatic rings. The van der Waals surface area contributed by atoms with E-state index in [1.807, 2.05) is 45.0 Å². The third-order valence-electron chi connectivity index (χ3n) is 8.58. The number of nitrogens with zero attached hydrogens (tertiary/aromatic N) is 2. The highest BCUT2D eigenvalue weighted by Gasteiger charge is 2.26. The zero-order valence-corrected chi connectivity index (χ0v) is 33.5. The Labute approximate surface area is 316 Å². The second-order valence-corrected chi connectivity index (χ2v) is 18.0. The van der Waals surface area contributed by atoms with E-state index in [9.17, 15) is 17.8 Å². The summed E-state index contributed by atoms with van der Waals surface area (Å²) >= 11 is 0. The average molecular weight is 776 g/mol. The van der Waals surface area contributed by atoms with Gasteiger partial charge >= 0.3 is 6.03 Å². The lowest BCUT2D eigenvalue weighted by atomic mass is 9.86. The summed E-state index contributed by atoms with van der Waals surface area (Å²) in [5.74, 6) is 2.19. The van der Waals surface area contributed by atoms with Crippen molar-refractivity contribution in [1.82, 2.24) is 4.98 Å². The lowest BCUT2D eigenvalue weighted by Crippen LogP contribution is -2.27. The number of benzene rings is 4. The largest absolute Gasteiger partial charge is 0.496 e. The van der Waals surface area contributed by atoms with E-state index >= 15 is 0 Å². The van der Waals surface area contributed by atoms with Crippen molar-refractivity contribution in [2.24, 2.45) is 0 Å². The summed E-state index contributed by atoms with van der Waals surface area (Å²) in [4.78, 5) is 18.0. The molecule has 4 aromatic carbocycles. The normalized spacial score (nSPS) is 12.8. The van der Waals surface area contributed by atoms with Crippen LogP contribution < -0.4 is 39.8 Å². The predicted molar refractivity (Wildman–Crippen MR) is 217 cm³/mol. The Hall–Kier alpha value is -5.30. The number of sulfonamides is 1. The Morgan fingerprint density at radius 2 is 1.59 bits per heavy atom. The number of fused-ring (bicyclic) bond motifs is 1. The molecule has 0 saturated carbocycles. The molecule has 1 heterocycles. The number of carbonyl (C=O) groups is 1. The molecule has 54 heavy (non-hydrogen) atoms. The van der Waals surface area contributed by atoms with Crippen molar-refractivity contribution in [3.8, 4) is 23.0 Å². The first-order chi connectivity index (χ1) is 25.4. The summed E-state index contributed by atoms with van der Waals surface area (Å²) < 4.78 is 62.2. The molecule has 1 aromatic heterocycles. The van der Waals surface area contributed by atoms with Crippen LogP contribution in [-0.4, -0.2) is 60.2 Å². The van der Waals surface area contributed by atoms with Gasteiger partial charge in [-0.1, -0.05) is 45.0 Å². The van der Waals surface area contributed by atoms with Gasteiger partial charge in [0.15, 0.2) is 5.75 Å². The van der Waals surface area contributed by atoms with Crippen molar-refractivity contribution in [3.63, 3.8) is 0 Å². The number of rotatable bonds is 13. The van der Waals surface area contributed by atoms with Crippen molar-refractivity contribution in [3.05, 3.63) is 90.6 Å². The second-order valence-electron chi connectivity index (χ2n) is 13.5. The first-order valence-electron chi connectivity index (χ1n) is 17.0. The molecule has 0 bridgehead atoms. The number of hydrogen-bond acceptors (Lipinski definition) is 10. The van der Waals surface area contributed by atoms with Crippen LogP contribution in [0.25, 0.3) is 10.8 Å². The Bertz CT molecular complexity index is 2350. The van der Waals surface area contributed by atoms with Crippen LogP contribution >= 0.6 is 7.37 Å². The molecule has 286 valence electrons. The standard InChI is InChI=1S/C39H46N5O8PS/c1-10-51-53(8,46)35-18-15-26(23-34(35)49-6)41-36-24-27(19-20-40-36)52-33-17-16-30(28-13-11-12-14-29(28)33)42-38(45)43-31-21-25(39(2,3)4)22-32(37(31)50-7)44(5)54(9,47)48/h11-24H,10H2,1-9H3,(H,40,41)(H2,42,43,45). The summed E-state index contributed by atoms with van der Waals surface area (Å²) in [6.45, 7) is 9.65. The topological polar surface area (TPSA) is 157 Å². The van der Waals surface area contributed by atoms with Crippen molar-refractivity contribution in [1.29, 1.82) is 0 Å². The third-order valence-corrected chi connectivity index (χ3v) is 11.8. The summed E-state index contributed by atoms with van der Waals surface area (Å²) in [5.41, 5.74) is 2.22. The number of anilines is 5. The van der Waals surface area contributed by atoms with Crippen LogP contribution in [-0.2, 0) is 24.5 Å². The van der Waals surface area contributed by atoms with Crippen LogP contribution in [0.2, 0.25) is 0 Å². The van der Waals surface area contributed by atoms with E-state index in [4.69, 9.17) is 18.7 Å². The zero-order chi connectivity index (χ0) is 39.4. The van der Waals surface area contributed by atoms with Crippen LogP contribution in [0.3, 0.4) is 0 Å². The Morgan fingerprint density at radius 3 is 2.24 bits per heavy atom. The molecule has 15 heteroatoms. The number of aromatic nitrogens is 1. The molecule has 3 N–H and O–H groups in total. The van der Waals surface area contributed by atoms with Crippen LogP contribution in [0.5, 0.6) is 23.0 Å².